The fraction of sp³-hybridized carbons (Fsp3) is 0.444. The molecular weight excluding hydrogens is 398 g/mol. The molecular formula is C27H35N3O2. The van der Waals surface area contributed by atoms with Crippen molar-refractivity contribution < 1.29 is 10.2 Å². The van der Waals surface area contributed by atoms with Gasteiger partial charge in [-0.3, -0.25) is 0 Å². The van der Waals surface area contributed by atoms with Crippen LogP contribution in [0.25, 0.3) is 11.1 Å². The number of pyridine rings is 1. The van der Waals surface area contributed by atoms with Gasteiger partial charge in [-0.15, -0.1) is 6.58 Å². The number of allylic oxidation sites excluding steroid dienone is 3. The van der Waals surface area contributed by atoms with E-state index in [4.69, 9.17) is 0 Å². The van der Waals surface area contributed by atoms with Crippen molar-refractivity contribution in [2.24, 2.45) is 5.92 Å². The number of aromatic nitrogens is 1. The maximum absolute atomic E-state index is 11.0. The minimum Gasteiger partial charge on any atom is -0.507 e. The number of phenols is 2. The topological polar surface area (TPSA) is 59.8 Å². The first-order valence-corrected chi connectivity index (χ1v) is 11.6. The van der Waals surface area contributed by atoms with Crippen LogP contribution in [0.15, 0.2) is 54.3 Å². The zero-order valence-corrected chi connectivity index (χ0v) is 19.5. The molecule has 170 valence electrons. The normalized spacial score (nSPS) is 22.0. The molecule has 32 heavy (non-hydrogen) atoms. The highest BCUT2D eigenvalue weighted by atomic mass is 16.3. The summed E-state index contributed by atoms with van der Waals surface area (Å²) in [6, 6.07) is 7.55. The monoisotopic (exact) mass is 433 g/mol. The van der Waals surface area contributed by atoms with Gasteiger partial charge in [-0.1, -0.05) is 17.2 Å². The van der Waals surface area contributed by atoms with Crippen LogP contribution in [-0.4, -0.2) is 53.3 Å². The van der Waals surface area contributed by atoms with Gasteiger partial charge in [0.25, 0.3) is 0 Å². The maximum Gasteiger partial charge on any atom is 0.129 e. The average molecular weight is 434 g/mol. The minimum atomic E-state index is -0.00663. The second kappa shape index (κ2) is 9.37. The van der Waals surface area contributed by atoms with Gasteiger partial charge in [-0.2, -0.15) is 0 Å². The van der Waals surface area contributed by atoms with Gasteiger partial charge in [0.15, 0.2) is 0 Å². The summed E-state index contributed by atoms with van der Waals surface area (Å²) in [5.41, 5.74) is 4.82. The molecule has 2 aromatic rings. The Morgan fingerprint density at radius 2 is 1.78 bits per heavy atom. The van der Waals surface area contributed by atoms with Crippen molar-refractivity contribution in [1.29, 1.82) is 0 Å². The molecule has 5 heteroatoms. The highest BCUT2D eigenvalue weighted by Crippen LogP contribution is 2.47. The minimum absolute atomic E-state index is 0.00663. The van der Waals surface area contributed by atoms with Gasteiger partial charge < -0.3 is 20.0 Å². The van der Waals surface area contributed by atoms with E-state index in [0.717, 1.165) is 68.0 Å². The van der Waals surface area contributed by atoms with Gasteiger partial charge in [0.1, 0.15) is 17.3 Å². The van der Waals surface area contributed by atoms with Crippen molar-refractivity contribution >= 4 is 5.82 Å². The first-order valence-electron chi connectivity index (χ1n) is 11.6. The molecule has 0 unspecified atom stereocenters. The lowest BCUT2D eigenvalue weighted by molar-refractivity contribution is 0.312. The van der Waals surface area contributed by atoms with Crippen LogP contribution in [0.2, 0.25) is 0 Å². The van der Waals surface area contributed by atoms with Crippen molar-refractivity contribution in [1.82, 2.24) is 9.88 Å². The van der Waals surface area contributed by atoms with Crippen LogP contribution in [0.3, 0.4) is 0 Å². The number of anilines is 1. The van der Waals surface area contributed by atoms with Gasteiger partial charge in [-0.25, -0.2) is 4.98 Å². The zero-order chi connectivity index (χ0) is 22.8. The highest BCUT2D eigenvalue weighted by molar-refractivity contribution is 5.71. The van der Waals surface area contributed by atoms with E-state index in [-0.39, 0.29) is 17.4 Å². The Labute approximate surface area is 191 Å². The lowest BCUT2D eigenvalue weighted by Crippen LogP contribution is -2.44. The van der Waals surface area contributed by atoms with Crippen LogP contribution in [0.4, 0.5) is 5.82 Å². The summed E-state index contributed by atoms with van der Waals surface area (Å²) in [7, 11) is 2.14. The largest absolute Gasteiger partial charge is 0.507 e. The van der Waals surface area contributed by atoms with Crippen molar-refractivity contribution in [3.63, 3.8) is 0 Å². The second-order valence-electron chi connectivity index (χ2n) is 9.62. The predicted molar refractivity (Wildman–Crippen MR) is 131 cm³/mol. The Morgan fingerprint density at radius 1 is 1.09 bits per heavy atom. The van der Waals surface area contributed by atoms with Gasteiger partial charge in [0, 0.05) is 43.9 Å². The van der Waals surface area contributed by atoms with Gasteiger partial charge in [-0.05, 0) is 81.5 Å². The van der Waals surface area contributed by atoms with E-state index < -0.39 is 0 Å². The molecule has 1 aliphatic carbocycles. The first kappa shape index (κ1) is 22.4. The van der Waals surface area contributed by atoms with Crippen molar-refractivity contribution in [2.45, 2.75) is 39.0 Å². The molecule has 5 nitrogen and oxygen atoms in total. The molecule has 2 atom stereocenters. The Kier molecular flexibility index (Phi) is 6.56. The van der Waals surface area contributed by atoms with Crippen molar-refractivity contribution in [3.05, 3.63) is 59.8 Å². The lowest BCUT2D eigenvalue weighted by atomic mass is 9.74. The number of likely N-dealkylation sites (N-methyl/N-ethyl adjacent to an activating group) is 1. The molecule has 1 aromatic carbocycles. The SMILES string of the molecule is C=C(C)C[C@@H]1CCC(C)=C[C@H]1c1c(O)cc(-c2ccnc(N3CCN(C)CC3)c2)cc1O. The molecule has 4 rings (SSSR count). The molecule has 2 aliphatic rings. The summed E-state index contributed by atoms with van der Waals surface area (Å²) < 4.78 is 0. The Hall–Kier alpha value is -2.79. The quantitative estimate of drug-likeness (QED) is 0.625. The number of nitrogens with zero attached hydrogens (tertiary/aromatic N) is 3. The zero-order valence-electron chi connectivity index (χ0n) is 19.5. The van der Waals surface area contributed by atoms with Gasteiger partial charge in [0.2, 0.25) is 0 Å². The number of aromatic hydroxyl groups is 2. The van der Waals surface area contributed by atoms with Crippen LogP contribution >= 0.6 is 0 Å². The van der Waals surface area contributed by atoms with Crippen molar-refractivity contribution in [3.8, 4) is 22.6 Å². The fourth-order valence-corrected chi connectivity index (χ4v) is 5.05. The van der Waals surface area contributed by atoms with Crippen LogP contribution in [0.5, 0.6) is 11.5 Å². The Bertz CT molecular complexity index is 998. The summed E-state index contributed by atoms with van der Waals surface area (Å²) in [4.78, 5) is 9.17. The standard InChI is InChI=1S/C27H35N3O2/c1-18(2)13-21-6-5-19(3)14-23(21)27-24(31)15-22(16-25(27)32)20-7-8-28-26(17-20)30-11-9-29(4)10-12-30/h7-8,14-17,21,23,31-32H,1,5-6,9-13H2,2-4H3/t21-,23+/m0/s1. The third kappa shape index (κ3) is 4.83. The summed E-state index contributed by atoms with van der Waals surface area (Å²) in [5.74, 6) is 1.57. The molecule has 0 bridgehead atoms. The maximum atomic E-state index is 11.0. The van der Waals surface area contributed by atoms with Crippen LogP contribution in [-0.2, 0) is 0 Å². The van der Waals surface area contributed by atoms with Crippen molar-refractivity contribution in [2.75, 3.05) is 38.1 Å². The van der Waals surface area contributed by atoms with E-state index in [1.54, 1.807) is 18.3 Å². The third-order valence-corrected chi connectivity index (χ3v) is 6.87. The second-order valence-corrected chi connectivity index (χ2v) is 9.62. The summed E-state index contributed by atoms with van der Waals surface area (Å²) in [6.45, 7) is 12.2. The number of hydrogen-bond donors (Lipinski definition) is 2. The number of rotatable bonds is 5. The molecule has 1 saturated heterocycles. The molecule has 0 saturated carbocycles. The molecule has 1 aliphatic heterocycles. The van der Waals surface area contributed by atoms with E-state index in [1.165, 1.54) is 5.57 Å². The Morgan fingerprint density at radius 3 is 2.44 bits per heavy atom. The van der Waals surface area contributed by atoms with Crippen LogP contribution in [0.1, 0.15) is 44.6 Å². The number of benzene rings is 1. The molecule has 1 fully saturated rings. The first-order chi connectivity index (χ1) is 15.3. The van der Waals surface area contributed by atoms with E-state index in [0.29, 0.717) is 11.5 Å². The van der Waals surface area contributed by atoms with Gasteiger partial charge in [0.05, 0.1) is 0 Å². The summed E-state index contributed by atoms with van der Waals surface area (Å²) >= 11 is 0. The van der Waals surface area contributed by atoms with E-state index >= 15 is 0 Å². The number of phenolic OH excluding ortho intramolecular Hbond substituents is 2. The van der Waals surface area contributed by atoms with E-state index in [1.807, 2.05) is 19.1 Å². The van der Waals surface area contributed by atoms with Crippen LogP contribution < -0.4 is 4.90 Å². The third-order valence-electron chi connectivity index (χ3n) is 6.87. The molecule has 2 heterocycles. The molecule has 0 radical (unpaired) electrons. The molecule has 0 spiro atoms. The summed E-state index contributed by atoms with van der Waals surface area (Å²) in [5, 5.41) is 22.1. The van der Waals surface area contributed by atoms with Gasteiger partial charge >= 0.3 is 0 Å². The molecule has 0 amide bonds. The number of piperazine rings is 1. The Balaban J connectivity index is 1.65. The summed E-state index contributed by atoms with van der Waals surface area (Å²) in [6.07, 6.45) is 7.01. The fourth-order valence-electron chi connectivity index (χ4n) is 5.05. The average Bonchev–Trinajstić information content (AvgIpc) is 2.75. The smallest absolute Gasteiger partial charge is 0.129 e. The van der Waals surface area contributed by atoms with E-state index in [2.05, 4.69) is 41.4 Å². The highest BCUT2D eigenvalue weighted by Gasteiger charge is 2.29. The number of hydrogen-bond acceptors (Lipinski definition) is 5. The lowest BCUT2D eigenvalue weighted by Gasteiger charge is -2.33. The molecule has 1 aromatic heterocycles. The molecule has 2 N–H and O–H groups in total. The van der Waals surface area contributed by atoms with Crippen LogP contribution in [0, 0.1) is 5.92 Å². The predicted octanol–water partition coefficient (Wildman–Crippen LogP) is 5.32. The van der Waals surface area contributed by atoms with E-state index in [9.17, 15) is 10.2 Å².